The molecule has 0 unspecified atom stereocenters. The second-order valence-corrected chi connectivity index (χ2v) is 7.24. The average Bonchev–Trinajstić information content (AvgIpc) is 3.28. The number of aromatic nitrogens is 7. The van der Waals surface area contributed by atoms with E-state index < -0.39 is 0 Å². The highest BCUT2D eigenvalue weighted by Crippen LogP contribution is 2.35. The fourth-order valence-electron chi connectivity index (χ4n) is 3.55. The number of nitrogen functional groups attached to an aromatic ring is 1. The summed E-state index contributed by atoms with van der Waals surface area (Å²) in [6, 6.07) is 15.0. The molecule has 10 nitrogen and oxygen atoms in total. The molecule has 0 bridgehead atoms. The first-order valence-electron chi connectivity index (χ1n) is 10.1. The lowest BCUT2D eigenvalue weighted by Crippen LogP contribution is -2.07. The van der Waals surface area contributed by atoms with Crippen LogP contribution in [0.3, 0.4) is 0 Å². The summed E-state index contributed by atoms with van der Waals surface area (Å²) >= 11 is 0. The van der Waals surface area contributed by atoms with Crippen LogP contribution < -0.4 is 11.1 Å². The fraction of sp³-hybridized carbons (Fsp3) is 0.0870. The van der Waals surface area contributed by atoms with Gasteiger partial charge in [0, 0.05) is 18.0 Å². The molecule has 0 spiro atoms. The van der Waals surface area contributed by atoms with Crippen molar-refractivity contribution in [1.82, 2.24) is 34.5 Å². The van der Waals surface area contributed by atoms with Gasteiger partial charge < -0.3 is 11.1 Å². The van der Waals surface area contributed by atoms with Crippen molar-refractivity contribution in [1.29, 1.82) is 5.26 Å². The number of hydrogen-bond donors (Lipinski definition) is 2. The number of hydrogen-bond acceptors (Lipinski definition) is 9. The summed E-state index contributed by atoms with van der Waals surface area (Å²) < 4.78 is 1.46. The molecule has 4 aromatic heterocycles. The van der Waals surface area contributed by atoms with Gasteiger partial charge in [-0.3, -0.25) is 4.98 Å². The zero-order chi connectivity index (χ0) is 22.8. The zero-order valence-electron chi connectivity index (χ0n) is 17.6. The standard InChI is InChI=1S/C23H18N10/c1-14-5-4-9-27-18(14)12-28-23-31-21-19(17-8-10-26-13-29-17)20(30-22(25)33(21)32-23)16-7-3-2-6-15(16)11-24/h2-10,13H,12H2,1H3,(H2,25,30)(H,28,32). The number of anilines is 2. The van der Waals surface area contributed by atoms with Crippen molar-refractivity contribution in [2.45, 2.75) is 13.5 Å². The molecular formula is C23H18N10. The number of fused-ring (bicyclic) bond motifs is 1. The number of nitriles is 1. The second kappa shape index (κ2) is 8.32. The van der Waals surface area contributed by atoms with E-state index in [-0.39, 0.29) is 5.95 Å². The summed E-state index contributed by atoms with van der Waals surface area (Å²) in [7, 11) is 0. The monoisotopic (exact) mass is 434 g/mol. The maximum absolute atomic E-state index is 9.64. The van der Waals surface area contributed by atoms with Gasteiger partial charge >= 0.3 is 0 Å². The minimum atomic E-state index is 0.139. The van der Waals surface area contributed by atoms with Gasteiger partial charge in [-0.2, -0.15) is 14.8 Å². The van der Waals surface area contributed by atoms with Gasteiger partial charge in [-0.1, -0.05) is 24.3 Å². The van der Waals surface area contributed by atoms with Gasteiger partial charge in [0.25, 0.3) is 0 Å². The topological polar surface area (TPSA) is 144 Å². The quantitative estimate of drug-likeness (QED) is 0.426. The van der Waals surface area contributed by atoms with Crippen LogP contribution in [0.2, 0.25) is 0 Å². The molecule has 0 aliphatic heterocycles. The average molecular weight is 434 g/mol. The third kappa shape index (κ3) is 3.68. The lowest BCUT2D eigenvalue weighted by atomic mass is 10.00. The number of pyridine rings is 1. The van der Waals surface area contributed by atoms with Crippen molar-refractivity contribution < 1.29 is 0 Å². The number of nitrogens with zero attached hydrogens (tertiary/aromatic N) is 8. The molecule has 0 radical (unpaired) electrons. The zero-order valence-corrected chi connectivity index (χ0v) is 17.6. The number of nitrogens with two attached hydrogens (primary N) is 1. The van der Waals surface area contributed by atoms with Crippen molar-refractivity contribution in [3.8, 4) is 28.6 Å². The highest BCUT2D eigenvalue weighted by atomic mass is 15.4. The fourth-order valence-corrected chi connectivity index (χ4v) is 3.55. The first-order chi connectivity index (χ1) is 16.2. The third-order valence-corrected chi connectivity index (χ3v) is 5.18. The maximum Gasteiger partial charge on any atom is 0.243 e. The molecule has 0 atom stereocenters. The number of nitrogens with one attached hydrogen (secondary N) is 1. The van der Waals surface area contributed by atoms with Gasteiger partial charge in [0.2, 0.25) is 11.9 Å². The van der Waals surface area contributed by atoms with Crippen molar-refractivity contribution in [2.75, 3.05) is 11.1 Å². The molecule has 0 aliphatic rings. The Balaban J connectivity index is 1.69. The van der Waals surface area contributed by atoms with Gasteiger partial charge in [0.05, 0.1) is 40.8 Å². The second-order valence-electron chi connectivity index (χ2n) is 7.24. The van der Waals surface area contributed by atoms with Crippen LogP contribution in [0.25, 0.3) is 28.2 Å². The van der Waals surface area contributed by atoms with Gasteiger partial charge in [-0.25, -0.2) is 15.0 Å². The smallest absolute Gasteiger partial charge is 0.243 e. The van der Waals surface area contributed by atoms with Crippen LogP contribution in [0.1, 0.15) is 16.8 Å². The van der Waals surface area contributed by atoms with Crippen LogP contribution >= 0.6 is 0 Å². The largest absolute Gasteiger partial charge is 0.368 e. The van der Waals surface area contributed by atoms with E-state index in [0.29, 0.717) is 46.2 Å². The number of aryl methyl sites for hydroxylation is 1. The van der Waals surface area contributed by atoms with Crippen LogP contribution in [0.5, 0.6) is 0 Å². The molecule has 0 saturated heterocycles. The highest BCUT2D eigenvalue weighted by molar-refractivity contribution is 5.91. The molecule has 0 saturated carbocycles. The molecule has 0 amide bonds. The van der Waals surface area contributed by atoms with E-state index in [4.69, 9.17) is 5.73 Å². The van der Waals surface area contributed by atoms with Crippen LogP contribution in [0.4, 0.5) is 11.9 Å². The van der Waals surface area contributed by atoms with E-state index in [1.54, 1.807) is 30.6 Å². The van der Waals surface area contributed by atoms with Gasteiger partial charge in [0.1, 0.15) is 6.33 Å². The van der Waals surface area contributed by atoms with E-state index in [1.807, 2.05) is 31.2 Å². The first-order valence-corrected chi connectivity index (χ1v) is 10.1. The SMILES string of the molecule is Cc1cccnc1CNc1nc2c(-c3ccncn3)c(-c3ccccc3C#N)nc(N)n2n1. The summed E-state index contributed by atoms with van der Waals surface area (Å²) in [6.07, 6.45) is 4.82. The Morgan fingerprint density at radius 3 is 2.73 bits per heavy atom. The van der Waals surface area contributed by atoms with Crippen molar-refractivity contribution in [3.05, 3.63) is 78.0 Å². The van der Waals surface area contributed by atoms with Crippen LogP contribution in [0, 0.1) is 18.3 Å². The summed E-state index contributed by atoms with van der Waals surface area (Å²) in [5, 5.41) is 17.3. The summed E-state index contributed by atoms with van der Waals surface area (Å²) in [5.74, 6) is 0.509. The van der Waals surface area contributed by atoms with Crippen LogP contribution in [-0.2, 0) is 6.54 Å². The van der Waals surface area contributed by atoms with E-state index in [2.05, 4.69) is 41.4 Å². The lowest BCUT2D eigenvalue weighted by Gasteiger charge is -2.12. The van der Waals surface area contributed by atoms with Crippen LogP contribution in [0.15, 0.2) is 61.2 Å². The minimum absolute atomic E-state index is 0.139. The van der Waals surface area contributed by atoms with Crippen molar-refractivity contribution in [3.63, 3.8) is 0 Å². The molecular weight excluding hydrogens is 416 g/mol. The Hall–Kier alpha value is -4.91. The molecule has 160 valence electrons. The Labute approximate surface area is 188 Å². The Morgan fingerprint density at radius 1 is 1.06 bits per heavy atom. The first kappa shape index (κ1) is 20.0. The number of benzene rings is 1. The van der Waals surface area contributed by atoms with Crippen molar-refractivity contribution >= 4 is 17.5 Å². The molecule has 33 heavy (non-hydrogen) atoms. The molecule has 5 rings (SSSR count). The summed E-state index contributed by atoms with van der Waals surface area (Å²) in [6.45, 7) is 2.44. The van der Waals surface area contributed by atoms with Crippen molar-refractivity contribution in [2.24, 2.45) is 0 Å². The number of rotatable bonds is 5. The summed E-state index contributed by atoms with van der Waals surface area (Å²) in [4.78, 5) is 22.1. The van der Waals surface area contributed by atoms with Crippen LogP contribution in [-0.4, -0.2) is 34.5 Å². The molecule has 0 fully saturated rings. The maximum atomic E-state index is 9.64. The molecule has 1 aromatic carbocycles. The Bertz CT molecular complexity index is 1500. The normalized spacial score (nSPS) is 10.8. The van der Waals surface area contributed by atoms with Gasteiger partial charge in [0.15, 0.2) is 5.65 Å². The van der Waals surface area contributed by atoms with E-state index in [0.717, 1.165) is 11.3 Å². The van der Waals surface area contributed by atoms with E-state index in [9.17, 15) is 5.26 Å². The predicted molar refractivity (Wildman–Crippen MR) is 123 cm³/mol. The van der Waals surface area contributed by atoms with Gasteiger partial charge in [-0.05, 0) is 30.7 Å². The Kier molecular flexibility index (Phi) is 5.04. The third-order valence-electron chi connectivity index (χ3n) is 5.18. The van der Waals surface area contributed by atoms with Gasteiger partial charge in [-0.15, -0.1) is 5.10 Å². The molecule has 4 heterocycles. The molecule has 3 N–H and O–H groups in total. The molecule has 0 aliphatic carbocycles. The van der Waals surface area contributed by atoms with E-state index >= 15 is 0 Å². The minimum Gasteiger partial charge on any atom is -0.368 e. The predicted octanol–water partition coefficient (Wildman–Crippen LogP) is 3.02. The molecule has 5 aromatic rings. The molecule has 10 heteroatoms. The highest BCUT2D eigenvalue weighted by Gasteiger charge is 2.22. The van der Waals surface area contributed by atoms with E-state index in [1.165, 1.54) is 10.8 Å². The lowest BCUT2D eigenvalue weighted by molar-refractivity contribution is 0.925. The Morgan fingerprint density at radius 2 is 1.94 bits per heavy atom. The summed E-state index contributed by atoms with van der Waals surface area (Å²) in [5.41, 5.74) is 11.5.